The number of alkyl halides is 3. The largest absolute Gasteiger partial charge is 0.416 e. The molecule has 43 heavy (non-hydrogen) atoms. The highest BCUT2D eigenvalue weighted by Crippen LogP contribution is 2.33. The number of hydrogen-bond acceptors (Lipinski definition) is 4. The van der Waals surface area contributed by atoms with Crippen LogP contribution >= 0.6 is 0 Å². The first kappa shape index (κ1) is 29.8. The van der Waals surface area contributed by atoms with E-state index in [1.165, 1.54) is 29.2 Å². The molecule has 1 aliphatic rings. The summed E-state index contributed by atoms with van der Waals surface area (Å²) in [5.41, 5.74) is 3.90. The predicted octanol–water partition coefficient (Wildman–Crippen LogP) is 6.36. The molecule has 1 saturated heterocycles. The van der Waals surface area contributed by atoms with Crippen LogP contribution in [0.2, 0.25) is 0 Å². The number of halogens is 3. The number of nitrogens with zero attached hydrogens (tertiary/aromatic N) is 3. The maximum absolute atomic E-state index is 14.0. The van der Waals surface area contributed by atoms with Crippen molar-refractivity contribution in [3.05, 3.63) is 137 Å². The molecule has 2 N–H and O–H groups in total. The molecule has 0 spiro atoms. The summed E-state index contributed by atoms with van der Waals surface area (Å²) in [6, 6.07) is 30.7. The first-order valence-electron chi connectivity index (χ1n) is 13.9. The lowest BCUT2D eigenvalue weighted by atomic mass is 9.96. The van der Waals surface area contributed by atoms with Crippen molar-refractivity contribution in [1.29, 1.82) is 0 Å². The zero-order valence-corrected chi connectivity index (χ0v) is 23.2. The molecule has 1 heterocycles. The summed E-state index contributed by atoms with van der Waals surface area (Å²) in [4.78, 5) is 31.0. The fraction of sp³-hybridized carbons (Fsp3) is 0.212. The van der Waals surface area contributed by atoms with Gasteiger partial charge in [-0.25, -0.2) is 10.3 Å². The summed E-state index contributed by atoms with van der Waals surface area (Å²) in [7, 11) is 0. The number of carbonyl (C=O) groups excluding carboxylic acids is 2. The van der Waals surface area contributed by atoms with Crippen molar-refractivity contribution >= 4 is 17.6 Å². The third kappa shape index (κ3) is 7.04. The van der Waals surface area contributed by atoms with Crippen molar-refractivity contribution in [1.82, 2.24) is 15.3 Å². The van der Waals surface area contributed by atoms with E-state index in [9.17, 15) is 22.8 Å². The van der Waals surface area contributed by atoms with Gasteiger partial charge in [-0.05, 0) is 47.0 Å². The highest BCUT2D eigenvalue weighted by molar-refractivity contribution is 5.94. The monoisotopic (exact) mass is 588 g/mol. The molecule has 1 fully saturated rings. The van der Waals surface area contributed by atoms with E-state index in [1.54, 1.807) is 22.5 Å². The second-order valence-corrected chi connectivity index (χ2v) is 10.3. The topological polar surface area (TPSA) is 76.1 Å². The average Bonchev–Trinajstić information content (AvgIpc) is 3.04. The lowest BCUT2D eigenvalue weighted by Gasteiger charge is -2.41. The van der Waals surface area contributed by atoms with Crippen LogP contribution in [0.15, 0.2) is 109 Å². The van der Waals surface area contributed by atoms with Gasteiger partial charge in [-0.3, -0.25) is 19.8 Å². The van der Waals surface area contributed by atoms with Crippen molar-refractivity contribution in [3.8, 4) is 0 Å². The fourth-order valence-electron chi connectivity index (χ4n) is 5.36. The molecule has 4 aromatic rings. The third-order valence-corrected chi connectivity index (χ3v) is 7.55. The second kappa shape index (κ2) is 13.1. The number of amides is 3. The van der Waals surface area contributed by atoms with E-state index in [-0.39, 0.29) is 23.8 Å². The zero-order valence-electron chi connectivity index (χ0n) is 23.2. The molecule has 4 aromatic carbocycles. The molecule has 0 aromatic heterocycles. The Morgan fingerprint density at radius 3 is 1.91 bits per heavy atom. The van der Waals surface area contributed by atoms with Gasteiger partial charge in [-0.15, -0.1) is 0 Å². The summed E-state index contributed by atoms with van der Waals surface area (Å²) in [5.74, 6) is -0.695. The summed E-state index contributed by atoms with van der Waals surface area (Å²) in [6.07, 6.45) is -4.57. The van der Waals surface area contributed by atoms with Crippen molar-refractivity contribution < 1.29 is 28.0 Å². The van der Waals surface area contributed by atoms with Crippen LogP contribution < -0.4 is 10.4 Å². The first-order valence-corrected chi connectivity index (χ1v) is 13.9. The Balaban J connectivity index is 1.38. The minimum absolute atomic E-state index is 0.00569. The van der Waals surface area contributed by atoms with Crippen LogP contribution in [0.1, 0.15) is 38.7 Å². The molecule has 222 valence electrons. The molecule has 0 unspecified atom stereocenters. The number of piperazine rings is 1. The van der Waals surface area contributed by atoms with Crippen molar-refractivity contribution in [2.75, 3.05) is 31.1 Å². The molecule has 0 bridgehead atoms. The average molecular weight is 589 g/mol. The van der Waals surface area contributed by atoms with Crippen molar-refractivity contribution in [2.45, 2.75) is 18.8 Å². The Labute approximate surface area is 247 Å². The lowest BCUT2D eigenvalue weighted by Crippen LogP contribution is -2.53. The van der Waals surface area contributed by atoms with Crippen LogP contribution in [0, 0.1) is 0 Å². The minimum atomic E-state index is -4.57. The fourth-order valence-corrected chi connectivity index (χ4v) is 5.36. The van der Waals surface area contributed by atoms with E-state index in [0.717, 1.165) is 23.3 Å². The smallest absolute Gasteiger partial charge is 0.322 e. The van der Waals surface area contributed by atoms with Gasteiger partial charge in [0.2, 0.25) is 0 Å². The van der Waals surface area contributed by atoms with Crippen molar-refractivity contribution in [2.24, 2.45) is 0 Å². The Hall–Kier alpha value is -4.67. The Kier molecular flexibility index (Phi) is 9.08. The van der Waals surface area contributed by atoms with Gasteiger partial charge in [0.25, 0.3) is 5.91 Å². The molecule has 0 saturated carbocycles. The summed E-state index contributed by atoms with van der Waals surface area (Å²) in [5, 5.41) is 8.89. The van der Waals surface area contributed by atoms with E-state index >= 15 is 0 Å². The van der Waals surface area contributed by atoms with Crippen LogP contribution in [-0.2, 0) is 12.7 Å². The van der Waals surface area contributed by atoms with Gasteiger partial charge < -0.3 is 4.90 Å². The number of hydrogen-bond donors (Lipinski definition) is 2. The van der Waals surface area contributed by atoms with Crippen LogP contribution in [0.4, 0.5) is 23.7 Å². The van der Waals surface area contributed by atoms with Gasteiger partial charge in [0, 0.05) is 37.4 Å². The molecule has 5 rings (SSSR count). The highest BCUT2D eigenvalue weighted by Gasteiger charge is 2.33. The normalized spacial score (nSPS) is 14.0. The molecule has 0 aliphatic carbocycles. The van der Waals surface area contributed by atoms with Gasteiger partial charge in [0.05, 0.1) is 18.2 Å². The van der Waals surface area contributed by atoms with Crippen LogP contribution in [0.25, 0.3) is 0 Å². The molecule has 1 aliphatic heterocycles. The molecular weight excluding hydrogens is 557 g/mol. The van der Waals surface area contributed by atoms with E-state index in [1.807, 2.05) is 36.4 Å². The molecule has 0 radical (unpaired) electrons. The van der Waals surface area contributed by atoms with Gasteiger partial charge in [0.1, 0.15) is 0 Å². The highest BCUT2D eigenvalue weighted by atomic mass is 19.4. The SMILES string of the molecule is O=C(NO)c1ccc(CN(C(=O)N2CCN(C(c3ccccc3)c3ccccc3)CC2)c2cccc(C(F)(F)F)c2)cc1. The quantitative estimate of drug-likeness (QED) is 0.195. The zero-order chi connectivity index (χ0) is 30.4. The van der Waals surface area contributed by atoms with Crippen LogP contribution in [0.3, 0.4) is 0 Å². The summed E-state index contributed by atoms with van der Waals surface area (Å²) in [6.45, 7) is 1.90. The van der Waals surface area contributed by atoms with E-state index < -0.39 is 23.7 Å². The number of urea groups is 1. The van der Waals surface area contributed by atoms with E-state index in [4.69, 9.17) is 5.21 Å². The molecule has 0 atom stereocenters. The van der Waals surface area contributed by atoms with Crippen LogP contribution in [0.5, 0.6) is 0 Å². The summed E-state index contributed by atoms with van der Waals surface area (Å²) >= 11 is 0. The molecule has 7 nitrogen and oxygen atoms in total. The molecular formula is C33H31F3N4O3. The van der Waals surface area contributed by atoms with E-state index in [0.29, 0.717) is 31.7 Å². The number of carbonyl (C=O) groups is 2. The first-order chi connectivity index (χ1) is 20.7. The molecule has 10 heteroatoms. The van der Waals surface area contributed by atoms with Crippen LogP contribution in [-0.4, -0.2) is 53.1 Å². The van der Waals surface area contributed by atoms with Gasteiger partial charge >= 0.3 is 12.2 Å². The van der Waals surface area contributed by atoms with Gasteiger partial charge in [0.15, 0.2) is 0 Å². The minimum Gasteiger partial charge on any atom is -0.322 e. The van der Waals surface area contributed by atoms with E-state index in [2.05, 4.69) is 29.2 Å². The summed E-state index contributed by atoms with van der Waals surface area (Å²) < 4.78 is 40.8. The predicted molar refractivity (Wildman–Crippen MR) is 157 cm³/mol. The Morgan fingerprint density at radius 1 is 0.791 bits per heavy atom. The number of nitrogens with one attached hydrogen (secondary N) is 1. The number of benzene rings is 4. The maximum atomic E-state index is 14.0. The number of anilines is 1. The standard InChI is InChI=1S/C33H31F3N4O3/c34-33(35,36)28-12-7-13-29(22-28)40(23-24-14-16-27(17-15-24)31(41)37-43)32(42)39-20-18-38(19-21-39)30(25-8-3-1-4-9-25)26-10-5-2-6-11-26/h1-17,22,30,43H,18-21,23H2,(H,37,41). The lowest BCUT2D eigenvalue weighted by molar-refractivity contribution is -0.137. The Morgan fingerprint density at radius 2 is 1.37 bits per heavy atom. The maximum Gasteiger partial charge on any atom is 0.416 e. The third-order valence-electron chi connectivity index (χ3n) is 7.55. The number of hydroxylamine groups is 1. The van der Waals surface area contributed by atoms with Gasteiger partial charge in [-0.1, -0.05) is 78.9 Å². The Bertz CT molecular complexity index is 1490. The number of rotatable bonds is 7. The van der Waals surface area contributed by atoms with Gasteiger partial charge in [-0.2, -0.15) is 13.2 Å². The second-order valence-electron chi connectivity index (χ2n) is 10.3. The van der Waals surface area contributed by atoms with Crippen molar-refractivity contribution in [3.63, 3.8) is 0 Å². The molecule has 3 amide bonds.